The number of nitrogens with two attached hydrogens (primary N) is 1. The molecule has 1 aliphatic rings. The number of allylic oxidation sites excluding steroid dienone is 1. The molecule has 1 aliphatic heterocycles. The summed E-state index contributed by atoms with van der Waals surface area (Å²) in [5.74, 6) is 1.22. The molecule has 0 bridgehead atoms. The Morgan fingerprint density at radius 2 is 1.80 bits per heavy atom. The molecular weight excluding hydrogens is 440 g/mol. The normalized spacial score (nSPS) is 14.7. The summed E-state index contributed by atoms with van der Waals surface area (Å²) in [7, 11) is 0. The van der Waals surface area contributed by atoms with E-state index in [4.69, 9.17) is 19.9 Å². The molecule has 0 aromatic heterocycles. The minimum absolute atomic E-state index is 0.0184. The maximum atomic E-state index is 9.89. The molecule has 0 saturated heterocycles. The molecule has 0 aliphatic carbocycles. The third-order valence-corrected chi connectivity index (χ3v) is 6.07. The molecule has 0 unspecified atom stereocenters. The number of rotatable bonds is 6. The molecule has 6 heteroatoms. The number of ether oxygens (including phenoxy) is 3. The lowest BCUT2D eigenvalue weighted by atomic mass is 9.83. The van der Waals surface area contributed by atoms with E-state index in [1.165, 1.54) is 6.07 Å². The van der Waals surface area contributed by atoms with Crippen LogP contribution in [0.25, 0.3) is 10.8 Å². The SMILES string of the molecule is CCOc1cc([C@H]2C(C#N)=C(N)Oc3cc(O)ccc32)ccc1OCc1cccc2ccccc12. The standard InChI is InChI=1S/C29H24N2O4/c1-2-33-27-14-19(28-23-12-11-21(32)15-26(23)35-29(31)24(28)16-30)10-13-25(27)34-17-20-8-5-7-18-6-3-4-9-22(18)20/h3-15,28,32H,2,17,31H2,1H3/t28-/m1/s1. The average Bonchev–Trinajstić information content (AvgIpc) is 2.87. The van der Waals surface area contributed by atoms with E-state index in [9.17, 15) is 10.4 Å². The smallest absolute Gasteiger partial charge is 0.205 e. The van der Waals surface area contributed by atoms with Crippen molar-refractivity contribution in [3.05, 3.63) is 107 Å². The van der Waals surface area contributed by atoms with E-state index in [1.54, 1.807) is 12.1 Å². The van der Waals surface area contributed by atoms with Crippen molar-refractivity contribution >= 4 is 10.8 Å². The Labute approximate surface area is 203 Å². The van der Waals surface area contributed by atoms with E-state index in [2.05, 4.69) is 30.3 Å². The van der Waals surface area contributed by atoms with Crippen LogP contribution in [0.1, 0.15) is 29.5 Å². The number of hydrogen-bond acceptors (Lipinski definition) is 6. The second-order valence-electron chi connectivity index (χ2n) is 8.21. The van der Waals surface area contributed by atoms with Crippen molar-refractivity contribution in [2.24, 2.45) is 5.73 Å². The van der Waals surface area contributed by atoms with Crippen molar-refractivity contribution in [1.29, 1.82) is 5.26 Å². The summed E-state index contributed by atoms with van der Waals surface area (Å²) >= 11 is 0. The van der Waals surface area contributed by atoms with Gasteiger partial charge >= 0.3 is 0 Å². The zero-order chi connectivity index (χ0) is 24.4. The van der Waals surface area contributed by atoms with Crippen molar-refractivity contribution in [2.75, 3.05) is 6.61 Å². The molecule has 0 amide bonds. The predicted octanol–water partition coefficient (Wildman–Crippen LogP) is 5.74. The highest BCUT2D eigenvalue weighted by molar-refractivity contribution is 5.85. The van der Waals surface area contributed by atoms with E-state index in [0.717, 1.165) is 27.5 Å². The summed E-state index contributed by atoms with van der Waals surface area (Å²) < 4.78 is 17.7. The van der Waals surface area contributed by atoms with Gasteiger partial charge in [-0.1, -0.05) is 54.6 Å². The van der Waals surface area contributed by atoms with Crippen molar-refractivity contribution in [1.82, 2.24) is 0 Å². The minimum Gasteiger partial charge on any atom is -0.508 e. The van der Waals surface area contributed by atoms with E-state index in [-0.39, 0.29) is 11.6 Å². The van der Waals surface area contributed by atoms with Crippen LogP contribution in [0.4, 0.5) is 0 Å². The molecular formula is C29H24N2O4. The van der Waals surface area contributed by atoms with Gasteiger partial charge in [-0.2, -0.15) is 5.26 Å². The number of phenols is 1. The van der Waals surface area contributed by atoms with Crippen LogP contribution in [0.2, 0.25) is 0 Å². The minimum atomic E-state index is -0.462. The zero-order valence-electron chi connectivity index (χ0n) is 19.2. The third-order valence-electron chi connectivity index (χ3n) is 6.07. The molecule has 0 fully saturated rings. The molecule has 6 nitrogen and oxygen atoms in total. The lowest BCUT2D eigenvalue weighted by Gasteiger charge is -2.27. The van der Waals surface area contributed by atoms with Crippen molar-refractivity contribution in [3.63, 3.8) is 0 Å². The average molecular weight is 465 g/mol. The summed E-state index contributed by atoms with van der Waals surface area (Å²) in [6, 6.07) is 27.0. The maximum Gasteiger partial charge on any atom is 0.205 e. The Kier molecular flexibility index (Phi) is 5.90. The first kappa shape index (κ1) is 22.2. The van der Waals surface area contributed by atoms with Gasteiger partial charge in [0.1, 0.15) is 29.7 Å². The Morgan fingerprint density at radius 3 is 2.63 bits per heavy atom. The highest BCUT2D eigenvalue weighted by atomic mass is 16.5. The summed E-state index contributed by atoms with van der Waals surface area (Å²) in [6.07, 6.45) is 0. The number of nitriles is 1. The zero-order valence-corrected chi connectivity index (χ0v) is 19.2. The Balaban J connectivity index is 1.51. The number of phenolic OH excluding ortho intramolecular Hbond substituents is 1. The summed E-state index contributed by atoms with van der Waals surface area (Å²) in [6.45, 7) is 2.75. The highest BCUT2D eigenvalue weighted by Crippen LogP contribution is 2.45. The third kappa shape index (κ3) is 4.20. The largest absolute Gasteiger partial charge is 0.508 e. The first-order valence-electron chi connectivity index (χ1n) is 11.4. The number of hydrogen-bond donors (Lipinski definition) is 2. The Bertz CT molecular complexity index is 1480. The van der Waals surface area contributed by atoms with Gasteiger partial charge in [-0.15, -0.1) is 0 Å². The molecule has 1 atom stereocenters. The van der Waals surface area contributed by atoms with Crippen LogP contribution in [-0.2, 0) is 6.61 Å². The number of aromatic hydroxyl groups is 1. The first-order chi connectivity index (χ1) is 17.1. The van der Waals surface area contributed by atoms with Gasteiger partial charge in [-0.25, -0.2) is 0 Å². The van der Waals surface area contributed by atoms with Crippen LogP contribution >= 0.6 is 0 Å². The number of benzene rings is 4. The fourth-order valence-electron chi connectivity index (χ4n) is 4.45. The van der Waals surface area contributed by atoms with Crippen molar-refractivity contribution in [3.8, 4) is 29.1 Å². The van der Waals surface area contributed by atoms with Gasteiger partial charge in [0.15, 0.2) is 11.5 Å². The fourth-order valence-corrected chi connectivity index (χ4v) is 4.45. The van der Waals surface area contributed by atoms with Gasteiger partial charge in [-0.05, 0) is 47.0 Å². The molecule has 0 radical (unpaired) electrons. The second kappa shape index (κ2) is 9.32. The molecule has 0 spiro atoms. The number of fused-ring (bicyclic) bond motifs is 2. The van der Waals surface area contributed by atoms with Crippen LogP contribution < -0.4 is 19.9 Å². The van der Waals surface area contributed by atoms with Gasteiger partial charge in [0.25, 0.3) is 0 Å². The van der Waals surface area contributed by atoms with Crippen LogP contribution in [0.5, 0.6) is 23.0 Å². The number of nitrogens with zero attached hydrogens (tertiary/aromatic N) is 1. The van der Waals surface area contributed by atoms with Crippen LogP contribution in [-0.4, -0.2) is 11.7 Å². The molecule has 3 N–H and O–H groups in total. The van der Waals surface area contributed by atoms with Gasteiger partial charge in [0, 0.05) is 11.6 Å². The molecule has 35 heavy (non-hydrogen) atoms. The molecule has 4 aromatic carbocycles. The maximum absolute atomic E-state index is 9.89. The van der Waals surface area contributed by atoms with Crippen LogP contribution in [0, 0.1) is 11.3 Å². The summed E-state index contributed by atoms with van der Waals surface area (Å²) in [5.41, 5.74) is 8.99. The molecule has 1 heterocycles. The monoisotopic (exact) mass is 464 g/mol. The quantitative estimate of drug-likeness (QED) is 0.378. The Morgan fingerprint density at radius 1 is 0.971 bits per heavy atom. The van der Waals surface area contributed by atoms with E-state index in [0.29, 0.717) is 36.0 Å². The first-order valence-corrected chi connectivity index (χ1v) is 11.4. The van der Waals surface area contributed by atoms with Gasteiger partial charge in [-0.3, -0.25) is 0 Å². The van der Waals surface area contributed by atoms with Crippen molar-refractivity contribution < 1.29 is 19.3 Å². The van der Waals surface area contributed by atoms with Crippen LogP contribution in [0.15, 0.2) is 90.3 Å². The highest BCUT2D eigenvalue weighted by Gasteiger charge is 2.31. The lowest BCUT2D eigenvalue weighted by molar-refractivity contribution is 0.270. The van der Waals surface area contributed by atoms with E-state index >= 15 is 0 Å². The van der Waals surface area contributed by atoms with Gasteiger partial charge in [0.05, 0.1) is 12.5 Å². The summed E-state index contributed by atoms with van der Waals surface area (Å²) in [4.78, 5) is 0. The Hall–Kier alpha value is -4.63. The molecule has 4 aromatic rings. The van der Waals surface area contributed by atoms with E-state index < -0.39 is 5.92 Å². The lowest BCUT2D eigenvalue weighted by Crippen LogP contribution is -2.21. The van der Waals surface area contributed by atoms with Crippen LogP contribution in [0.3, 0.4) is 0 Å². The fraction of sp³-hybridized carbons (Fsp3) is 0.138. The molecule has 0 saturated carbocycles. The molecule has 174 valence electrons. The van der Waals surface area contributed by atoms with E-state index in [1.807, 2.05) is 43.3 Å². The van der Waals surface area contributed by atoms with Gasteiger partial charge in [0.2, 0.25) is 5.88 Å². The van der Waals surface area contributed by atoms with Gasteiger partial charge < -0.3 is 25.1 Å². The second-order valence-corrected chi connectivity index (χ2v) is 8.21. The van der Waals surface area contributed by atoms with Crippen molar-refractivity contribution in [2.45, 2.75) is 19.4 Å². The topological polar surface area (TPSA) is 97.7 Å². The summed E-state index contributed by atoms with van der Waals surface area (Å²) in [5, 5.41) is 22.0. The predicted molar refractivity (Wildman–Crippen MR) is 133 cm³/mol. The molecule has 5 rings (SSSR count).